The van der Waals surface area contributed by atoms with Crippen LogP contribution in [0.25, 0.3) is 0 Å². The van der Waals surface area contributed by atoms with Gasteiger partial charge in [-0.3, -0.25) is 4.90 Å². The van der Waals surface area contributed by atoms with Gasteiger partial charge in [0.1, 0.15) is 0 Å². The Morgan fingerprint density at radius 1 is 0.643 bits per heavy atom. The molecule has 2 aromatic carbocycles. The Labute approximate surface area is 171 Å². The first kappa shape index (κ1) is 19.7. The highest BCUT2D eigenvalue weighted by molar-refractivity contribution is 5.23. The van der Waals surface area contributed by atoms with Crippen LogP contribution in [0.15, 0.2) is 54.6 Å². The van der Waals surface area contributed by atoms with E-state index < -0.39 is 0 Å². The predicted molar refractivity (Wildman–Crippen MR) is 119 cm³/mol. The first-order valence-corrected chi connectivity index (χ1v) is 11.4. The van der Waals surface area contributed by atoms with Crippen molar-refractivity contribution in [3.05, 3.63) is 71.3 Å². The lowest BCUT2D eigenvalue weighted by Gasteiger charge is -2.32. The van der Waals surface area contributed by atoms with Crippen molar-refractivity contribution < 1.29 is 0 Å². The van der Waals surface area contributed by atoms with Gasteiger partial charge in [-0.15, -0.1) is 0 Å². The van der Waals surface area contributed by atoms with Gasteiger partial charge in [0.25, 0.3) is 0 Å². The predicted octanol–water partition coefficient (Wildman–Crippen LogP) is 5.17. The maximum Gasteiger partial charge on any atom is 0.0233 e. The van der Waals surface area contributed by atoms with Crippen molar-refractivity contribution in [2.75, 3.05) is 32.7 Å². The van der Waals surface area contributed by atoms with Crippen molar-refractivity contribution in [1.82, 2.24) is 9.80 Å². The molecule has 2 heterocycles. The lowest BCUT2D eigenvalue weighted by atomic mass is 9.90. The third-order valence-corrected chi connectivity index (χ3v) is 6.67. The number of piperidine rings is 2. The zero-order valence-corrected chi connectivity index (χ0v) is 17.4. The quantitative estimate of drug-likeness (QED) is 0.658. The fourth-order valence-electron chi connectivity index (χ4n) is 4.84. The van der Waals surface area contributed by atoms with Crippen molar-refractivity contribution in [1.29, 1.82) is 0 Å². The molecule has 2 fully saturated rings. The number of nitrogens with zero attached hydrogens (tertiary/aromatic N) is 2. The molecule has 0 N–H and O–H groups in total. The van der Waals surface area contributed by atoms with Crippen LogP contribution in [0.5, 0.6) is 0 Å². The van der Waals surface area contributed by atoms with Gasteiger partial charge in [-0.25, -0.2) is 0 Å². The van der Waals surface area contributed by atoms with Crippen LogP contribution in [0, 0.1) is 5.92 Å². The van der Waals surface area contributed by atoms with Gasteiger partial charge in [0, 0.05) is 13.1 Å². The van der Waals surface area contributed by atoms with E-state index in [1.54, 1.807) is 0 Å². The molecule has 2 aromatic rings. The van der Waals surface area contributed by atoms with Gasteiger partial charge in [-0.1, -0.05) is 61.0 Å². The highest BCUT2D eigenvalue weighted by Crippen LogP contribution is 2.23. The summed E-state index contributed by atoms with van der Waals surface area (Å²) in [4.78, 5) is 5.28. The van der Waals surface area contributed by atoms with Crippen molar-refractivity contribution in [2.45, 2.75) is 51.5 Å². The van der Waals surface area contributed by atoms with Crippen LogP contribution < -0.4 is 0 Å². The molecule has 0 radical (unpaired) electrons. The lowest BCUT2D eigenvalue weighted by molar-refractivity contribution is 0.177. The molecular formula is C26H36N2. The molecule has 2 aliphatic heterocycles. The van der Waals surface area contributed by atoms with E-state index in [1.807, 2.05) is 0 Å². The Morgan fingerprint density at radius 3 is 2.04 bits per heavy atom. The molecule has 0 atom stereocenters. The van der Waals surface area contributed by atoms with Crippen LogP contribution in [0.4, 0.5) is 0 Å². The normalized spacial score (nSPS) is 19.7. The summed E-state index contributed by atoms with van der Waals surface area (Å²) in [5.41, 5.74) is 4.47. The van der Waals surface area contributed by atoms with Crippen molar-refractivity contribution >= 4 is 0 Å². The first-order chi connectivity index (χ1) is 13.8. The van der Waals surface area contributed by atoms with E-state index in [2.05, 4.69) is 64.4 Å². The van der Waals surface area contributed by atoms with Gasteiger partial charge in [0.2, 0.25) is 0 Å². The second kappa shape index (κ2) is 10.2. The molecule has 0 saturated carbocycles. The molecule has 0 spiro atoms. The molecule has 2 aliphatic rings. The molecule has 150 valence electrons. The Hall–Kier alpha value is -1.64. The average molecular weight is 377 g/mol. The molecule has 0 aromatic heterocycles. The van der Waals surface area contributed by atoms with E-state index in [0.717, 1.165) is 12.5 Å². The molecule has 0 aliphatic carbocycles. The van der Waals surface area contributed by atoms with Gasteiger partial charge in [0.05, 0.1) is 0 Å². The van der Waals surface area contributed by atoms with E-state index in [9.17, 15) is 0 Å². The van der Waals surface area contributed by atoms with Crippen molar-refractivity contribution in [2.24, 2.45) is 5.92 Å². The molecule has 28 heavy (non-hydrogen) atoms. The van der Waals surface area contributed by atoms with Crippen LogP contribution in [0.3, 0.4) is 0 Å². The van der Waals surface area contributed by atoms with E-state index in [4.69, 9.17) is 0 Å². The van der Waals surface area contributed by atoms with Crippen molar-refractivity contribution in [3.8, 4) is 0 Å². The summed E-state index contributed by atoms with van der Waals surface area (Å²) in [7, 11) is 0. The first-order valence-electron chi connectivity index (χ1n) is 11.4. The van der Waals surface area contributed by atoms with Crippen molar-refractivity contribution in [3.63, 3.8) is 0 Å². The molecule has 0 amide bonds. The smallest absolute Gasteiger partial charge is 0.0233 e. The van der Waals surface area contributed by atoms with Crippen LogP contribution in [0.1, 0.15) is 48.8 Å². The summed E-state index contributed by atoms with van der Waals surface area (Å²) in [6.45, 7) is 7.44. The van der Waals surface area contributed by atoms with Crippen LogP contribution in [0.2, 0.25) is 0 Å². The van der Waals surface area contributed by atoms with E-state index in [-0.39, 0.29) is 0 Å². The Balaban J connectivity index is 1.18. The zero-order chi connectivity index (χ0) is 19.0. The summed E-state index contributed by atoms with van der Waals surface area (Å²) in [6, 6.07) is 20.5. The molecule has 2 heteroatoms. The highest BCUT2D eigenvalue weighted by atomic mass is 15.1. The molecule has 2 nitrogen and oxygen atoms in total. The standard InChI is InChI=1S/C26H36N2/c1-3-7-24(8-4-1)21-25-14-19-28(20-15-25)22-26-11-9-23(10-12-26)13-18-27-16-5-2-6-17-27/h1,3-4,7-12,25H,2,5-6,13-22H2. The molecular weight excluding hydrogens is 340 g/mol. The van der Waals surface area contributed by atoms with Gasteiger partial charge < -0.3 is 4.90 Å². The SMILES string of the molecule is c1ccc(CC2CCN(Cc3ccc(CCN4CCCCC4)cc3)CC2)cc1. The molecule has 4 rings (SSSR count). The van der Waals surface area contributed by atoms with Crippen LogP contribution in [-0.4, -0.2) is 42.5 Å². The highest BCUT2D eigenvalue weighted by Gasteiger charge is 2.19. The topological polar surface area (TPSA) is 6.48 Å². The Morgan fingerprint density at radius 2 is 1.32 bits per heavy atom. The Bertz CT molecular complexity index is 680. The Kier molecular flexibility index (Phi) is 7.18. The summed E-state index contributed by atoms with van der Waals surface area (Å²) in [5, 5.41) is 0. The maximum atomic E-state index is 2.64. The zero-order valence-electron chi connectivity index (χ0n) is 17.4. The molecule has 2 saturated heterocycles. The summed E-state index contributed by atoms with van der Waals surface area (Å²) >= 11 is 0. The number of hydrogen-bond donors (Lipinski definition) is 0. The van der Waals surface area contributed by atoms with Gasteiger partial charge in [0.15, 0.2) is 0 Å². The van der Waals surface area contributed by atoms with E-state index in [0.29, 0.717) is 0 Å². The third-order valence-electron chi connectivity index (χ3n) is 6.67. The summed E-state index contributed by atoms with van der Waals surface area (Å²) < 4.78 is 0. The summed E-state index contributed by atoms with van der Waals surface area (Å²) in [6.07, 6.45) is 9.33. The number of hydrogen-bond acceptors (Lipinski definition) is 2. The van der Waals surface area contributed by atoms with Gasteiger partial charge in [-0.2, -0.15) is 0 Å². The largest absolute Gasteiger partial charge is 0.303 e. The lowest BCUT2D eigenvalue weighted by Crippen LogP contribution is -2.33. The minimum Gasteiger partial charge on any atom is -0.303 e. The van der Waals surface area contributed by atoms with Crippen LogP contribution >= 0.6 is 0 Å². The molecule has 0 bridgehead atoms. The van der Waals surface area contributed by atoms with Crippen LogP contribution in [-0.2, 0) is 19.4 Å². The summed E-state index contributed by atoms with van der Waals surface area (Å²) in [5.74, 6) is 0.857. The number of benzene rings is 2. The average Bonchev–Trinajstić information content (AvgIpc) is 2.76. The number of likely N-dealkylation sites (tertiary alicyclic amines) is 2. The van der Waals surface area contributed by atoms with Gasteiger partial charge in [-0.05, 0) is 87.3 Å². The third kappa shape index (κ3) is 5.93. The molecule has 0 unspecified atom stereocenters. The van der Waals surface area contributed by atoms with E-state index >= 15 is 0 Å². The second-order valence-corrected chi connectivity index (χ2v) is 8.88. The fraction of sp³-hybridized carbons (Fsp3) is 0.538. The monoisotopic (exact) mass is 376 g/mol. The maximum absolute atomic E-state index is 2.64. The van der Waals surface area contributed by atoms with E-state index in [1.165, 1.54) is 94.4 Å². The minimum atomic E-state index is 0.857. The minimum absolute atomic E-state index is 0.857. The van der Waals surface area contributed by atoms with Gasteiger partial charge >= 0.3 is 0 Å². The fourth-order valence-corrected chi connectivity index (χ4v) is 4.84. The number of rotatable bonds is 7. The second-order valence-electron chi connectivity index (χ2n) is 8.88.